The maximum absolute atomic E-state index is 12.4. The molecule has 3 aliphatic rings. The van der Waals surface area contributed by atoms with Crippen molar-refractivity contribution in [1.29, 1.82) is 0 Å². The lowest BCUT2D eigenvalue weighted by molar-refractivity contribution is -0.143. The van der Waals surface area contributed by atoms with Crippen LogP contribution in [0.25, 0.3) is 0 Å². The van der Waals surface area contributed by atoms with Crippen LogP contribution >= 0.6 is 0 Å². The predicted octanol–water partition coefficient (Wildman–Crippen LogP) is -0.432. The first kappa shape index (κ1) is 20.6. The number of nitrogens with one attached hydrogen (secondary N) is 1. The van der Waals surface area contributed by atoms with Gasteiger partial charge in [0.05, 0.1) is 12.1 Å². The number of fused-ring (bicyclic) bond motifs is 2. The molecule has 3 rings (SSSR count). The molecule has 2 saturated heterocycles. The molecule has 158 valence electrons. The van der Waals surface area contributed by atoms with Gasteiger partial charge in [0, 0.05) is 19.6 Å². The third-order valence-corrected chi connectivity index (χ3v) is 5.68. The van der Waals surface area contributed by atoms with E-state index in [4.69, 9.17) is 14.5 Å². The molecule has 4 atom stereocenters. The van der Waals surface area contributed by atoms with E-state index in [0.29, 0.717) is 30.7 Å². The standard InChI is InChI=1S/C14H22N4O9S/c1-16(14(21)22)8-2-4-10(6-8)26-15-12(19)11-5-3-9-7-17(11)13(20)18(9)27-28(23,24)25/h8-11H,2-7H2,1H3,(H,15,19)(H,21,22)(H,23,24,25)/t8?,9-,10?,11+/m1/s1. The summed E-state index contributed by atoms with van der Waals surface area (Å²) in [7, 11) is -3.37. The van der Waals surface area contributed by atoms with Crippen molar-refractivity contribution >= 4 is 28.4 Å². The van der Waals surface area contributed by atoms with Crippen LogP contribution in [0.2, 0.25) is 0 Å². The Hall–Kier alpha value is -2.16. The van der Waals surface area contributed by atoms with Crippen molar-refractivity contribution in [2.45, 2.75) is 56.3 Å². The monoisotopic (exact) mass is 422 g/mol. The number of nitrogens with zero attached hydrogens (tertiary/aromatic N) is 3. The molecule has 0 spiro atoms. The molecule has 28 heavy (non-hydrogen) atoms. The predicted molar refractivity (Wildman–Crippen MR) is 89.8 cm³/mol. The molecule has 3 N–H and O–H groups in total. The molecule has 2 heterocycles. The molecule has 4 amide bonds. The highest BCUT2D eigenvalue weighted by Crippen LogP contribution is 2.31. The number of urea groups is 1. The van der Waals surface area contributed by atoms with E-state index in [1.54, 1.807) is 0 Å². The SMILES string of the molecule is CN(C(=O)O)C1CCC(ONC(=O)[C@@H]2CC[C@@H]3CN2C(=O)N3OS(=O)(=O)O)C1. The second kappa shape index (κ2) is 7.69. The zero-order valence-electron chi connectivity index (χ0n) is 15.1. The van der Waals surface area contributed by atoms with E-state index in [-0.39, 0.29) is 25.1 Å². The van der Waals surface area contributed by atoms with Crippen LogP contribution in [0.5, 0.6) is 0 Å². The topological polar surface area (TPSA) is 166 Å². The number of hydrogen-bond acceptors (Lipinski definition) is 7. The molecule has 2 aliphatic heterocycles. The van der Waals surface area contributed by atoms with E-state index >= 15 is 0 Å². The fraction of sp³-hybridized carbons (Fsp3) is 0.786. The molecule has 2 bridgehead atoms. The van der Waals surface area contributed by atoms with Crippen LogP contribution in [0.15, 0.2) is 0 Å². The van der Waals surface area contributed by atoms with E-state index in [2.05, 4.69) is 9.76 Å². The minimum Gasteiger partial charge on any atom is -0.465 e. The van der Waals surface area contributed by atoms with Crippen molar-refractivity contribution in [3.8, 4) is 0 Å². The average Bonchev–Trinajstić information content (AvgIpc) is 3.18. The molecular formula is C14H22N4O9S. The van der Waals surface area contributed by atoms with E-state index in [1.807, 2.05) is 0 Å². The van der Waals surface area contributed by atoms with Gasteiger partial charge in [0.2, 0.25) is 0 Å². The average molecular weight is 422 g/mol. The Labute approximate surface area is 161 Å². The van der Waals surface area contributed by atoms with Gasteiger partial charge in [-0.05, 0) is 32.1 Å². The van der Waals surface area contributed by atoms with E-state index < -0.39 is 40.5 Å². The molecule has 14 heteroatoms. The van der Waals surface area contributed by atoms with Gasteiger partial charge in [0.25, 0.3) is 5.91 Å². The second-order valence-electron chi connectivity index (χ2n) is 7.08. The van der Waals surface area contributed by atoms with Gasteiger partial charge in [-0.25, -0.2) is 15.1 Å². The molecule has 2 unspecified atom stereocenters. The first-order valence-electron chi connectivity index (χ1n) is 8.75. The number of amides is 4. The third-order valence-electron chi connectivity index (χ3n) is 5.33. The largest absolute Gasteiger partial charge is 0.465 e. The third kappa shape index (κ3) is 4.29. The molecule has 13 nitrogen and oxygen atoms in total. The van der Waals surface area contributed by atoms with Crippen molar-refractivity contribution < 1.29 is 41.6 Å². The van der Waals surface area contributed by atoms with Crippen LogP contribution in [0.3, 0.4) is 0 Å². The Morgan fingerprint density at radius 3 is 2.61 bits per heavy atom. The van der Waals surface area contributed by atoms with Crippen molar-refractivity contribution in [2.75, 3.05) is 13.6 Å². The Balaban J connectivity index is 1.52. The number of carboxylic acid groups (broad SMARTS) is 1. The lowest BCUT2D eigenvalue weighted by Gasteiger charge is -2.29. The lowest BCUT2D eigenvalue weighted by Crippen LogP contribution is -2.50. The fourth-order valence-corrected chi connectivity index (χ4v) is 4.23. The zero-order chi connectivity index (χ0) is 20.6. The molecule has 0 aromatic heterocycles. The minimum absolute atomic E-state index is 0.0847. The van der Waals surface area contributed by atoms with E-state index in [9.17, 15) is 22.8 Å². The van der Waals surface area contributed by atoms with Crippen molar-refractivity contribution in [2.24, 2.45) is 0 Å². The van der Waals surface area contributed by atoms with Gasteiger partial charge in [-0.3, -0.25) is 14.2 Å². The van der Waals surface area contributed by atoms with Gasteiger partial charge >= 0.3 is 22.5 Å². The van der Waals surface area contributed by atoms with Crippen molar-refractivity contribution in [3.63, 3.8) is 0 Å². The summed E-state index contributed by atoms with van der Waals surface area (Å²) in [6.45, 7) is 0.0847. The molecule has 1 saturated carbocycles. The number of carbonyl (C=O) groups is 3. The Kier molecular flexibility index (Phi) is 5.65. The van der Waals surface area contributed by atoms with Gasteiger partial charge in [-0.15, -0.1) is 4.28 Å². The minimum atomic E-state index is -4.85. The number of hydrogen-bond donors (Lipinski definition) is 3. The number of carbonyl (C=O) groups excluding carboxylic acids is 2. The molecule has 3 fully saturated rings. The summed E-state index contributed by atoms with van der Waals surface area (Å²) >= 11 is 0. The van der Waals surface area contributed by atoms with Gasteiger partial charge in [-0.2, -0.15) is 13.5 Å². The molecule has 0 aromatic rings. The highest BCUT2D eigenvalue weighted by Gasteiger charge is 2.49. The Bertz CT molecular complexity index is 760. The number of piperidine rings is 1. The zero-order valence-corrected chi connectivity index (χ0v) is 15.9. The first-order chi connectivity index (χ1) is 13.1. The normalized spacial score (nSPS) is 29.9. The molecular weight excluding hydrogens is 400 g/mol. The van der Waals surface area contributed by atoms with Gasteiger partial charge < -0.3 is 14.9 Å². The summed E-state index contributed by atoms with van der Waals surface area (Å²) in [6.07, 6.45) is 0.830. The summed E-state index contributed by atoms with van der Waals surface area (Å²) in [5.41, 5.74) is 2.32. The van der Waals surface area contributed by atoms with Gasteiger partial charge in [-0.1, -0.05) is 0 Å². The number of rotatable bonds is 6. The fourth-order valence-electron chi connectivity index (χ4n) is 3.85. The van der Waals surface area contributed by atoms with Gasteiger partial charge in [0.15, 0.2) is 0 Å². The van der Waals surface area contributed by atoms with Crippen LogP contribution in [0, 0.1) is 0 Å². The highest BCUT2D eigenvalue weighted by atomic mass is 32.3. The van der Waals surface area contributed by atoms with Crippen molar-refractivity contribution in [1.82, 2.24) is 20.3 Å². The molecule has 1 aliphatic carbocycles. The summed E-state index contributed by atoms with van der Waals surface area (Å²) in [5, 5.41) is 9.57. The Morgan fingerprint density at radius 2 is 1.96 bits per heavy atom. The van der Waals surface area contributed by atoms with Crippen LogP contribution in [0.1, 0.15) is 32.1 Å². The summed E-state index contributed by atoms with van der Waals surface area (Å²) < 4.78 is 34.9. The quantitative estimate of drug-likeness (QED) is 0.380. The van der Waals surface area contributed by atoms with Crippen molar-refractivity contribution in [3.05, 3.63) is 0 Å². The van der Waals surface area contributed by atoms with Crippen LogP contribution in [-0.4, -0.2) is 88.8 Å². The molecule has 0 aromatic carbocycles. The second-order valence-corrected chi connectivity index (χ2v) is 8.08. The van der Waals surface area contributed by atoms with Crippen LogP contribution in [-0.2, 0) is 24.3 Å². The number of hydroxylamine groups is 3. The maximum Gasteiger partial charge on any atom is 0.418 e. The van der Waals surface area contributed by atoms with E-state index in [0.717, 1.165) is 4.90 Å². The Morgan fingerprint density at radius 1 is 1.25 bits per heavy atom. The van der Waals surface area contributed by atoms with Crippen LogP contribution < -0.4 is 5.48 Å². The summed E-state index contributed by atoms with van der Waals surface area (Å²) in [4.78, 5) is 43.5. The summed E-state index contributed by atoms with van der Waals surface area (Å²) in [6, 6.07) is -2.47. The lowest BCUT2D eigenvalue weighted by atomic mass is 10.0. The van der Waals surface area contributed by atoms with Crippen LogP contribution in [0.4, 0.5) is 9.59 Å². The first-order valence-corrected chi connectivity index (χ1v) is 10.1. The summed E-state index contributed by atoms with van der Waals surface area (Å²) in [5.74, 6) is -0.560. The highest BCUT2D eigenvalue weighted by molar-refractivity contribution is 7.80. The van der Waals surface area contributed by atoms with Gasteiger partial charge in [0.1, 0.15) is 6.04 Å². The molecule has 0 radical (unpaired) electrons. The van der Waals surface area contributed by atoms with E-state index in [1.165, 1.54) is 11.9 Å². The smallest absolute Gasteiger partial charge is 0.418 e. The maximum atomic E-state index is 12.4.